The molecule has 0 saturated heterocycles. The van der Waals surface area contributed by atoms with Crippen molar-refractivity contribution in [3.05, 3.63) is 70.4 Å². The van der Waals surface area contributed by atoms with Crippen molar-refractivity contribution in [2.24, 2.45) is 0 Å². The number of methoxy groups -OCH3 is 2. The Morgan fingerprint density at radius 1 is 1.17 bits per heavy atom. The van der Waals surface area contributed by atoms with Crippen LogP contribution in [0.15, 0.2) is 48.5 Å². The molecule has 35 heavy (non-hydrogen) atoms. The molecule has 0 radical (unpaired) electrons. The van der Waals surface area contributed by atoms with Crippen molar-refractivity contribution in [1.82, 2.24) is 15.1 Å². The van der Waals surface area contributed by atoms with Crippen LogP contribution in [-0.4, -0.2) is 42.6 Å². The SMILES string of the molecule is COc1ccc(C2CC(C(F)(F)F)n3nc(C(=O)NCCc4ccccc4)c(Cl)c3N2)cc1OC. The third-order valence-corrected chi connectivity index (χ3v) is 6.22. The van der Waals surface area contributed by atoms with Crippen LogP contribution in [0.1, 0.15) is 40.1 Å². The van der Waals surface area contributed by atoms with Crippen LogP contribution in [0.2, 0.25) is 5.02 Å². The molecule has 11 heteroatoms. The molecular weight excluding hydrogens is 485 g/mol. The summed E-state index contributed by atoms with van der Waals surface area (Å²) < 4.78 is 53.3. The number of alkyl halides is 3. The number of amides is 1. The Labute approximate surface area is 205 Å². The van der Waals surface area contributed by atoms with Gasteiger partial charge in [0.15, 0.2) is 23.2 Å². The minimum absolute atomic E-state index is 0.0618. The van der Waals surface area contributed by atoms with Gasteiger partial charge in [-0.25, -0.2) is 4.68 Å². The molecule has 7 nitrogen and oxygen atoms in total. The smallest absolute Gasteiger partial charge is 0.410 e. The van der Waals surface area contributed by atoms with Crippen molar-refractivity contribution in [3.63, 3.8) is 0 Å². The van der Waals surface area contributed by atoms with Crippen molar-refractivity contribution in [1.29, 1.82) is 0 Å². The first-order valence-corrected chi connectivity index (χ1v) is 11.3. The largest absolute Gasteiger partial charge is 0.493 e. The molecule has 2 unspecified atom stereocenters. The molecule has 2 heterocycles. The highest BCUT2D eigenvalue weighted by Crippen LogP contribution is 2.47. The molecule has 186 valence electrons. The van der Waals surface area contributed by atoms with Crippen molar-refractivity contribution >= 4 is 23.3 Å². The van der Waals surface area contributed by atoms with Crippen LogP contribution in [0, 0.1) is 0 Å². The lowest BCUT2D eigenvalue weighted by atomic mass is 9.96. The summed E-state index contributed by atoms with van der Waals surface area (Å²) >= 11 is 6.39. The van der Waals surface area contributed by atoms with E-state index in [9.17, 15) is 18.0 Å². The second kappa shape index (κ2) is 10.1. The zero-order valence-electron chi connectivity index (χ0n) is 19.0. The number of carbonyl (C=O) groups is 1. The lowest BCUT2D eigenvalue weighted by Gasteiger charge is -2.33. The Bertz CT molecular complexity index is 1200. The summed E-state index contributed by atoms with van der Waals surface area (Å²) in [5, 5.41) is 9.50. The second-order valence-corrected chi connectivity index (χ2v) is 8.43. The fourth-order valence-electron chi connectivity index (χ4n) is 4.07. The lowest BCUT2D eigenvalue weighted by molar-refractivity contribution is -0.173. The van der Waals surface area contributed by atoms with E-state index < -0.39 is 24.2 Å². The molecule has 3 aromatic rings. The van der Waals surface area contributed by atoms with Crippen molar-refractivity contribution < 1.29 is 27.4 Å². The molecule has 0 aliphatic carbocycles. The number of hydrogen-bond donors (Lipinski definition) is 2. The summed E-state index contributed by atoms with van der Waals surface area (Å²) in [4.78, 5) is 12.7. The molecule has 2 atom stereocenters. The van der Waals surface area contributed by atoms with Crippen molar-refractivity contribution in [2.45, 2.75) is 31.1 Å². The minimum Gasteiger partial charge on any atom is -0.493 e. The molecule has 1 aliphatic rings. The minimum atomic E-state index is -4.61. The molecule has 2 N–H and O–H groups in total. The third-order valence-electron chi connectivity index (χ3n) is 5.86. The molecule has 2 aromatic carbocycles. The van der Waals surface area contributed by atoms with Crippen LogP contribution >= 0.6 is 11.6 Å². The van der Waals surface area contributed by atoms with Gasteiger partial charge in [0, 0.05) is 13.0 Å². The standard InChI is InChI=1S/C24H24ClF3N4O3/c1-34-17-9-8-15(12-18(17)35-2)16-13-19(24(26,27)28)32-22(30-16)20(25)21(31-32)23(33)29-11-10-14-6-4-3-5-7-14/h3-9,12,16,19,30H,10-11,13H2,1-2H3,(H,29,33). The highest BCUT2D eigenvalue weighted by molar-refractivity contribution is 6.36. The third kappa shape index (κ3) is 5.17. The van der Waals surface area contributed by atoms with Crippen LogP contribution < -0.4 is 20.1 Å². The summed E-state index contributed by atoms with van der Waals surface area (Å²) in [5.41, 5.74) is 1.30. The number of carbonyl (C=O) groups excluding carboxylic acids is 1. The molecule has 1 aliphatic heterocycles. The fraction of sp³-hybridized carbons (Fsp3) is 0.333. The van der Waals surface area contributed by atoms with E-state index in [0.717, 1.165) is 10.2 Å². The number of ether oxygens (including phenoxy) is 2. The number of hydrogen-bond acceptors (Lipinski definition) is 5. The monoisotopic (exact) mass is 508 g/mol. The van der Waals surface area contributed by atoms with Gasteiger partial charge in [-0.2, -0.15) is 18.3 Å². The van der Waals surface area contributed by atoms with Crippen molar-refractivity contribution in [3.8, 4) is 11.5 Å². The van der Waals surface area contributed by atoms with E-state index in [2.05, 4.69) is 15.7 Å². The molecular formula is C24H24ClF3N4O3. The van der Waals surface area contributed by atoms with Crippen LogP contribution in [0.3, 0.4) is 0 Å². The summed E-state index contributed by atoms with van der Waals surface area (Å²) in [5.74, 6) is 0.141. The second-order valence-electron chi connectivity index (χ2n) is 8.05. The molecule has 1 amide bonds. The summed E-state index contributed by atoms with van der Waals surface area (Å²) in [6.07, 6.45) is -4.40. The van der Waals surface area contributed by atoms with Gasteiger partial charge in [-0.3, -0.25) is 4.79 Å². The van der Waals surface area contributed by atoms with Gasteiger partial charge in [0.1, 0.15) is 10.8 Å². The maximum atomic E-state index is 14.0. The summed E-state index contributed by atoms with van der Waals surface area (Å²) in [6, 6.07) is 11.7. The Morgan fingerprint density at radius 3 is 2.54 bits per heavy atom. The maximum Gasteiger partial charge on any atom is 0.410 e. The predicted octanol–water partition coefficient (Wildman–Crippen LogP) is 5.19. The number of benzene rings is 2. The highest BCUT2D eigenvalue weighted by Gasteiger charge is 2.48. The Kier molecular flexibility index (Phi) is 7.11. The Hall–Kier alpha value is -3.40. The van der Waals surface area contributed by atoms with Gasteiger partial charge < -0.3 is 20.1 Å². The van der Waals surface area contributed by atoms with E-state index in [1.54, 1.807) is 18.2 Å². The number of nitrogens with zero attached hydrogens (tertiary/aromatic N) is 2. The van der Waals surface area contributed by atoms with Gasteiger partial charge in [0.2, 0.25) is 0 Å². The zero-order chi connectivity index (χ0) is 25.2. The van der Waals surface area contributed by atoms with E-state index in [0.29, 0.717) is 23.5 Å². The number of rotatable bonds is 7. The average Bonchev–Trinajstić information content (AvgIpc) is 3.19. The number of fused-ring (bicyclic) bond motifs is 1. The number of aromatic nitrogens is 2. The average molecular weight is 509 g/mol. The number of anilines is 1. The zero-order valence-corrected chi connectivity index (χ0v) is 19.8. The van der Waals surface area contributed by atoms with Gasteiger partial charge in [-0.1, -0.05) is 48.0 Å². The van der Waals surface area contributed by atoms with Gasteiger partial charge >= 0.3 is 6.18 Å². The van der Waals surface area contributed by atoms with Crippen LogP contribution in [0.5, 0.6) is 11.5 Å². The van der Waals surface area contributed by atoms with E-state index in [1.807, 2.05) is 30.3 Å². The van der Waals surface area contributed by atoms with Crippen LogP contribution in [-0.2, 0) is 6.42 Å². The quantitative estimate of drug-likeness (QED) is 0.459. The summed E-state index contributed by atoms with van der Waals surface area (Å²) in [6.45, 7) is 0.283. The number of nitrogens with one attached hydrogen (secondary N) is 2. The van der Waals surface area contributed by atoms with Crippen LogP contribution in [0.4, 0.5) is 19.0 Å². The van der Waals surface area contributed by atoms with Gasteiger partial charge in [-0.05, 0) is 29.7 Å². The Balaban J connectivity index is 1.60. The van der Waals surface area contributed by atoms with E-state index >= 15 is 0 Å². The van der Waals surface area contributed by atoms with E-state index in [-0.39, 0.29) is 29.5 Å². The lowest BCUT2D eigenvalue weighted by Crippen LogP contribution is -2.36. The molecule has 4 rings (SSSR count). The Morgan fingerprint density at radius 2 is 1.89 bits per heavy atom. The van der Waals surface area contributed by atoms with E-state index in [1.165, 1.54) is 14.2 Å². The molecule has 0 saturated carbocycles. The first-order chi connectivity index (χ1) is 16.7. The first kappa shape index (κ1) is 24.7. The number of halogens is 4. The topological polar surface area (TPSA) is 77.4 Å². The first-order valence-electron chi connectivity index (χ1n) is 10.9. The van der Waals surface area contributed by atoms with Gasteiger partial charge in [0.25, 0.3) is 5.91 Å². The van der Waals surface area contributed by atoms with Gasteiger partial charge in [-0.15, -0.1) is 0 Å². The van der Waals surface area contributed by atoms with Crippen molar-refractivity contribution in [2.75, 3.05) is 26.1 Å². The molecule has 0 fully saturated rings. The molecule has 1 aromatic heterocycles. The maximum absolute atomic E-state index is 14.0. The summed E-state index contributed by atoms with van der Waals surface area (Å²) in [7, 11) is 2.92. The highest BCUT2D eigenvalue weighted by atomic mass is 35.5. The fourth-order valence-corrected chi connectivity index (χ4v) is 4.34. The molecule has 0 spiro atoms. The normalized spacial score (nSPS) is 17.3. The van der Waals surface area contributed by atoms with Crippen LogP contribution in [0.25, 0.3) is 0 Å². The predicted molar refractivity (Wildman–Crippen MR) is 125 cm³/mol. The molecule has 0 bridgehead atoms. The van der Waals surface area contributed by atoms with Gasteiger partial charge in [0.05, 0.1) is 20.3 Å². The van der Waals surface area contributed by atoms with E-state index in [4.69, 9.17) is 21.1 Å².